The van der Waals surface area contributed by atoms with E-state index in [4.69, 9.17) is 9.47 Å². The molecule has 0 radical (unpaired) electrons. The number of hydrogen-bond acceptors (Lipinski definition) is 5. The average molecular weight is 402 g/mol. The van der Waals surface area contributed by atoms with E-state index in [2.05, 4.69) is 6.07 Å². The Balaban J connectivity index is 1.54. The molecule has 0 spiro atoms. The number of esters is 1. The number of carbonyl (C=O) groups is 2. The number of ether oxygens (including phenoxy) is 2. The molecule has 0 saturated carbocycles. The lowest BCUT2D eigenvalue weighted by molar-refractivity contribution is -0.149. The summed E-state index contributed by atoms with van der Waals surface area (Å²) in [5.41, 5.74) is 3.25. The largest absolute Gasteiger partial charge is 0.489 e. The summed E-state index contributed by atoms with van der Waals surface area (Å²) in [6.07, 6.45) is 1.33. The first kappa shape index (κ1) is 20.4. The van der Waals surface area contributed by atoms with Gasteiger partial charge in [0.2, 0.25) is 0 Å². The first-order valence-electron chi connectivity index (χ1n) is 9.71. The van der Waals surface area contributed by atoms with E-state index in [1.54, 1.807) is 0 Å². The predicted molar refractivity (Wildman–Crippen MR) is 110 cm³/mol. The molecule has 1 aromatic heterocycles. The van der Waals surface area contributed by atoms with Gasteiger partial charge in [0.15, 0.2) is 0 Å². The molecule has 150 valence electrons. The molecule has 0 unspecified atom stereocenters. The number of carbonyl (C=O) groups excluding carboxylic acids is 2. The summed E-state index contributed by atoms with van der Waals surface area (Å²) in [6.45, 7) is 7.91. The van der Waals surface area contributed by atoms with Gasteiger partial charge >= 0.3 is 5.97 Å². The van der Waals surface area contributed by atoms with E-state index in [1.165, 1.54) is 11.3 Å². The Kier molecular flexibility index (Phi) is 6.73. The molecule has 1 saturated heterocycles. The van der Waals surface area contributed by atoms with Gasteiger partial charge in [0.1, 0.15) is 12.4 Å². The van der Waals surface area contributed by atoms with Crippen LogP contribution in [0.5, 0.6) is 5.75 Å². The minimum absolute atomic E-state index is 0.0327. The Hall–Kier alpha value is -2.34. The minimum Gasteiger partial charge on any atom is -0.489 e. The maximum Gasteiger partial charge on any atom is 0.309 e. The SMILES string of the molecule is CCOC(=O)C1CCN(C(=O)c2cc(COc3cc(C)ccc3C)cs2)CC1. The summed E-state index contributed by atoms with van der Waals surface area (Å²) in [5, 5.41) is 1.98. The molecule has 1 aromatic carbocycles. The number of hydrogen-bond donors (Lipinski definition) is 0. The van der Waals surface area contributed by atoms with Gasteiger partial charge in [0.05, 0.1) is 17.4 Å². The zero-order valence-corrected chi connectivity index (χ0v) is 17.5. The highest BCUT2D eigenvalue weighted by molar-refractivity contribution is 7.12. The zero-order chi connectivity index (χ0) is 20.1. The van der Waals surface area contributed by atoms with Crippen molar-refractivity contribution in [1.29, 1.82) is 0 Å². The molecule has 0 bridgehead atoms. The summed E-state index contributed by atoms with van der Waals surface area (Å²) in [7, 11) is 0. The standard InChI is InChI=1S/C22H27NO4S/c1-4-26-22(25)18-7-9-23(10-8-18)21(24)20-12-17(14-28-20)13-27-19-11-15(2)5-6-16(19)3/h5-6,11-12,14,18H,4,7-10,13H2,1-3H3. The summed E-state index contributed by atoms with van der Waals surface area (Å²) in [5.74, 6) is 0.677. The Morgan fingerprint density at radius 1 is 1.18 bits per heavy atom. The number of piperidine rings is 1. The molecule has 1 aliphatic rings. The molecule has 1 fully saturated rings. The number of aryl methyl sites for hydroxylation is 2. The third-order valence-electron chi connectivity index (χ3n) is 5.00. The van der Waals surface area contributed by atoms with Crippen LogP contribution < -0.4 is 4.74 Å². The topological polar surface area (TPSA) is 55.8 Å². The van der Waals surface area contributed by atoms with Gasteiger partial charge in [-0.2, -0.15) is 0 Å². The number of benzene rings is 1. The lowest BCUT2D eigenvalue weighted by Gasteiger charge is -2.30. The van der Waals surface area contributed by atoms with Crippen molar-refractivity contribution < 1.29 is 19.1 Å². The molecule has 2 heterocycles. The van der Waals surface area contributed by atoms with Crippen molar-refractivity contribution in [2.45, 2.75) is 40.2 Å². The van der Waals surface area contributed by atoms with Crippen LogP contribution in [0.15, 0.2) is 29.6 Å². The number of likely N-dealkylation sites (tertiary alicyclic amines) is 1. The van der Waals surface area contributed by atoms with Gasteiger partial charge in [-0.15, -0.1) is 11.3 Å². The van der Waals surface area contributed by atoms with Crippen molar-refractivity contribution in [3.05, 3.63) is 51.2 Å². The average Bonchev–Trinajstić information content (AvgIpc) is 3.17. The number of nitrogens with zero attached hydrogens (tertiary/aromatic N) is 1. The molecule has 3 rings (SSSR count). The summed E-state index contributed by atoms with van der Waals surface area (Å²) in [6, 6.07) is 8.05. The smallest absolute Gasteiger partial charge is 0.309 e. The maximum atomic E-state index is 12.8. The molecule has 1 amide bonds. The highest BCUT2D eigenvalue weighted by Gasteiger charge is 2.29. The fourth-order valence-corrected chi connectivity index (χ4v) is 4.19. The highest BCUT2D eigenvalue weighted by atomic mass is 32.1. The molecular formula is C22H27NO4S. The molecule has 0 aliphatic carbocycles. The fraction of sp³-hybridized carbons (Fsp3) is 0.455. The van der Waals surface area contributed by atoms with E-state index in [-0.39, 0.29) is 17.8 Å². The normalized spacial score (nSPS) is 14.8. The van der Waals surface area contributed by atoms with Gasteiger partial charge in [-0.1, -0.05) is 12.1 Å². The van der Waals surface area contributed by atoms with Crippen LogP contribution in [0.2, 0.25) is 0 Å². The second-order valence-electron chi connectivity index (χ2n) is 7.20. The quantitative estimate of drug-likeness (QED) is 0.675. The molecule has 0 atom stereocenters. The summed E-state index contributed by atoms with van der Waals surface area (Å²) in [4.78, 5) is 27.2. The third kappa shape index (κ3) is 4.93. The molecule has 5 nitrogen and oxygen atoms in total. The van der Waals surface area contributed by atoms with E-state index in [9.17, 15) is 9.59 Å². The Bertz CT molecular complexity index is 837. The van der Waals surface area contributed by atoms with E-state index < -0.39 is 0 Å². The van der Waals surface area contributed by atoms with Crippen LogP contribution in [0.4, 0.5) is 0 Å². The zero-order valence-electron chi connectivity index (χ0n) is 16.7. The first-order valence-corrected chi connectivity index (χ1v) is 10.6. The van der Waals surface area contributed by atoms with E-state index >= 15 is 0 Å². The molecule has 2 aromatic rings. The fourth-order valence-electron chi connectivity index (χ4n) is 3.32. The van der Waals surface area contributed by atoms with Crippen molar-refractivity contribution in [3.63, 3.8) is 0 Å². The molecule has 6 heteroatoms. The third-order valence-corrected chi connectivity index (χ3v) is 5.97. The Morgan fingerprint density at radius 2 is 1.93 bits per heavy atom. The highest BCUT2D eigenvalue weighted by Crippen LogP contribution is 2.25. The van der Waals surface area contributed by atoms with Crippen LogP contribution in [-0.2, 0) is 16.1 Å². The number of rotatable bonds is 6. The lowest BCUT2D eigenvalue weighted by Crippen LogP contribution is -2.40. The van der Waals surface area contributed by atoms with Crippen LogP contribution in [0.25, 0.3) is 0 Å². The molecule has 1 aliphatic heterocycles. The second kappa shape index (κ2) is 9.24. The van der Waals surface area contributed by atoms with Crippen LogP contribution in [-0.4, -0.2) is 36.5 Å². The minimum atomic E-state index is -0.142. The second-order valence-corrected chi connectivity index (χ2v) is 8.11. The summed E-state index contributed by atoms with van der Waals surface area (Å²) >= 11 is 1.45. The first-order chi connectivity index (χ1) is 13.5. The van der Waals surface area contributed by atoms with Crippen LogP contribution in [0.1, 0.15) is 46.1 Å². The van der Waals surface area contributed by atoms with Crippen LogP contribution in [0, 0.1) is 19.8 Å². The maximum absolute atomic E-state index is 12.8. The summed E-state index contributed by atoms with van der Waals surface area (Å²) < 4.78 is 11.0. The van der Waals surface area contributed by atoms with Gasteiger partial charge < -0.3 is 14.4 Å². The van der Waals surface area contributed by atoms with Gasteiger partial charge in [-0.3, -0.25) is 9.59 Å². The monoisotopic (exact) mass is 401 g/mol. The molecule has 0 N–H and O–H groups in total. The van der Waals surface area contributed by atoms with E-state index in [0.29, 0.717) is 44.0 Å². The van der Waals surface area contributed by atoms with E-state index in [1.807, 2.05) is 49.3 Å². The predicted octanol–water partition coefficient (Wildman–Crippen LogP) is 4.36. The van der Waals surface area contributed by atoms with Crippen molar-refractivity contribution >= 4 is 23.2 Å². The van der Waals surface area contributed by atoms with Crippen molar-refractivity contribution in [3.8, 4) is 5.75 Å². The van der Waals surface area contributed by atoms with Gasteiger partial charge in [0, 0.05) is 18.7 Å². The van der Waals surface area contributed by atoms with Gasteiger partial charge in [-0.25, -0.2) is 0 Å². The van der Waals surface area contributed by atoms with Gasteiger partial charge in [-0.05, 0) is 62.3 Å². The van der Waals surface area contributed by atoms with Crippen LogP contribution in [0.3, 0.4) is 0 Å². The van der Waals surface area contributed by atoms with Crippen molar-refractivity contribution in [2.24, 2.45) is 5.92 Å². The Morgan fingerprint density at radius 3 is 2.64 bits per heavy atom. The number of amides is 1. The lowest BCUT2D eigenvalue weighted by atomic mass is 9.97. The van der Waals surface area contributed by atoms with Crippen molar-refractivity contribution in [2.75, 3.05) is 19.7 Å². The van der Waals surface area contributed by atoms with Crippen LogP contribution >= 0.6 is 11.3 Å². The molecule has 28 heavy (non-hydrogen) atoms. The van der Waals surface area contributed by atoms with Crippen molar-refractivity contribution in [1.82, 2.24) is 4.90 Å². The van der Waals surface area contributed by atoms with E-state index in [0.717, 1.165) is 22.4 Å². The Labute approximate surface area is 170 Å². The molecular weight excluding hydrogens is 374 g/mol. The number of thiophene rings is 1. The van der Waals surface area contributed by atoms with Gasteiger partial charge in [0.25, 0.3) is 5.91 Å².